The Morgan fingerprint density at radius 2 is 2.19 bits per heavy atom. The lowest BCUT2D eigenvalue weighted by Gasteiger charge is -2.11. The average Bonchev–Trinajstić information content (AvgIpc) is 2.91. The second kappa shape index (κ2) is 5.36. The van der Waals surface area contributed by atoms with Gasteiger partial charge in [0.05, 0.1) is 22.6 Å². The van der Waals surface area contributed by atoms with Gasteiger partial charge in [-0.3, -0.25) is 9.78 Å². The second-order valence-corrected chi connectivity index (χ2v) is 5.08. The molecule has 3 aromatic rings. The summed E-state index contributed by atoms with van der Waals surface area (Å²) in [5.41, 5.74) is 3.59. The van der Waals surface area contributed by atoms with E-state index < -0.39 is 0 Å². The number of amides is 1. The molecule has 0 bridgehead atoms. The number of aryl methyl sites for hydroxylation is 1. The quantitative estimate of drug-likeness (QED) is 0.775. The fourth-order valence-corrected chi connectivity index (χ4v) is 2.19. The van der Waals surface area contributed by atoms with Crippen molar-refractivity contribution in [2.45, 2.75) is 19.9 Å². The highest BCUT2D eigenvalue weighted by Gasteiger charge is 2.14. The fourth-order valence-electron chi connectivity index (χ4n) is 2.19. The number of aromatic nitrogens is 3. The number of nitrogens with one attached hydrogen (secondary N) is 2. The van der Waals surface area contributed by atoms with E-state index in [9.17, 15) is 4.79 Å². The van der Waals surface area contributed by atoms with Crippen molar-refractivity contribution in [3.63, 3.8) is 0 Å². The third-order valence-corrected chi connectivity index (χ3v) is 3.34. The minimum Gasteiger partial charge on any atom is -0.342 e. The zero-order valence-electron chi connectivity index (χ0n) is 11.9. The molecule has 106 valence electrons. The molecule has 0 saturated carbocycles. The highest BCUT2D eigenvalue weighted by molar-refractivity contribution is 5.94. The van der Waals surface area contributed by atoms with Crippen molar-refractivity contribution in [3.05, 3.63) is 59.7 Å². The Bertz CT molecular complexity index is 779. The Balaban J connectivity index is 1.80. The molecule has 2 aromatic heterocycles. The van der Waals surface area contributed by atoms with Gasteiger partial charge in [-0.2, -0.15) is 0 Å². The Morgan fingerprint density at radius 1 is 1.33 bits per heavy atom. The molecule has 0 aliphatic rings. The van der Waals surface area contributed by atoms with Crippen LogP contribution in [0.1, 0.15) is 34.7 Å². The molecule has 0 spiro atoms. The first-order valence-corrected chi connectivity index (χ1v) is 6.80. The molecule has 1 amide bonds. The molecule has 0 aliphatic heterocycles. The summed E-state index contributed by atoms with van der Waals surface area (Å²) in [7, 11) is 0. The molecule has 0 radical (unpaired) electrons. The van der Waals surface area contributed by atoms with Crippen LogP contribution in [0.25, 0.3) is 11.0 Å². The first kappa shape index (κ1) is 13.3. The number of fused-ring (bicyclic) bond motifs is 1. The summed E-state index contributed by atoms with van der Waals surface area (Å²) in [5, 5.41) is 2.92. The van der Waals surface area contributed by atoms with Crippen LogP contribution >= 0.6 is 0 Å². The van der Waals surface area contributed by atoms with Gasteiger partial charge >= 0.3 is 0 Å². The van der Waals surface area contributed by atoms with Gasteiger partial charge in [-0.05, 0) is 43.7 Å². The van der Waals surface area contributed by atoms with Crippen LogP contribution < -0.4 is 5.32 Å². The molecule has 21 heavy (non-hydrogen) atoms. The highest BCUT2D eigenvalue weighted by Crippen LogP contribution is 2.17. The van der Waals surface area contributed by atoms with E-state index in [0.717, 1.165) is 16.9 Å². The van der Waals surface area contributed by atoms with Gasteiger partial charge < -0.3 is 10.3 Å². The standard InChI is InChI=1S/C16H16N4O/c1-10-5-6-13-14(8-10)20-15(19-13)11(2)18-16(21)12-4-3-7-17-9-12/h3-9,11H,1-2H3,(H,18,21)(H,19,20). The summed E-state index contributed by atoms with van der Waals surface area (Å²) < 4.78 is 0. The Labute approximate surface area is 122 Å². The number of pyridine rings is 1. The number of carbonyl (C=O) groups excluding carboxylic acids is 1. The zero-order chi connectivity index (χ0) is 14.8. The third-order valence-electron chi connectivity index (χ3n) is 3.34. The summed E-state index contributed by atoms with van der Waals surface area (Å²) >= 11 is 0. The van der Waals surface area contributed by atoms with Crippen LogP contribution in [-0.4, -0.2) is 20.9 Å². The van der Waals surface area contributed by atoms with Crippen molar-refractivity contribution in [2.24, 2.45) is 0 Å². The zero-order valence-corrected chi connectivity index (χ0v) is 11.9. The van der Waals surface area contributed by atoms with Crippen molar-refractivity contribution < 1.29 is 4.79 Å². The highest BCUT2D eigenvalue weighted by atomic mass is 16.1. The number of aromatic amines is 1. The van der Waals surface area contributed by atoms with Crippen molar-refractivity contribution in [1.82, 2.24) is 20.3 Å². The molecule has 2 heterocycles. The lowest BCUT2D eigenvalue weighted by Crippen LogP contribution is -2.27. The van der Waals surface area contributed by atoms with Crippen LogP contribution in [0.15, 0.2) is 42.7 Å². The largest absolute Gasteiger partial charge is 0.342 e. The van der Waals surface area contributed by atoms with Crippen LogP contribution in [0.3, 0.4) is 0 Å². The summed E-state index contributed by atoms with van der Waals surface area (Å²) in [4.78, 5) is 23.8. The molecule has 3 rings (SSSR count). The van der Waals surface area contributed by atoms with Crippen LogP contribution in [0.5, 0.6) is 0 Å². The summed E-state index contributed by atoms with van der Waals surface area (Å²) in [6.07, 6.45) is 3.19. The molecule has 2 N–H and O–H groups in total. The van der Waals surface area contributed by atoms with Gasteiger partial charge in [0.15, 0.2) is 0 Å². The molecule has 1 atom stereocenters. The van der Waals surface area contributed by atoms with E-state index >= 15 is 0 Å². The topological polar surface area (TPSA) is 70.7 Å². The van der Waals surface area contributed by atoms with Crippen molar-refractivity contribution in [1.29, 1.82) is 0 Å². The number of imidazole rings is 1. The predicted molar refractivity (Wildman–Crippen MR) is 80.9 cm³/mol. The Kier molecular flexibility index (Phi) is 3.39. The van der Waals surface area contributed by atoms with Crippen molar-refractivity contribution in [3.8, 4) is 0 Å². The number of nitrogens with zero attached hydrogens (tertiary/aromatic N) is 2. The predicted octanol–water partition coefficient (Wildman–Crippen LogP) is 2.76. The Morgan fingerprint density at radius 3 is 2.95 bits per heavy atom. The van der Waals surface area contributed by atoms with Crippen molar-refractivity contribution in [2.75, 3.05) is 0 Å². The lowest BCUT2D eigenvalue weighted by atomic mass is 10.2. The Hall–Kier alpha value is -2.69. The van der Waals surface area contributed by atoms with Gasteiger partial charge in [0.1, 0.15) is 5.82 Å². The average molecular weight is 280 g/mol. The number of benzene rings is 1. The van der Waals surface area contributed by atoms with E-state index in [4.69, 9.17) is 0 Å². The lowest BCUT2D eigenvalue weighted by molar-refractivity contribution is 0.0938. The SMILES string of the molecule is Cc1ccc2nc(C(C)NC(=O)c3cccnc3)[nH]c2c1. The molecule has 1 unspecified atom stereocenters. The van der Waals surface area contributed by atoms with E-state index in [1.807, 2.05) is 32.0 Å². The number of hydrogen-bond donors (Lipinski definition) is 2. The second-order valence-electron chi connectivity index (χ2n) is 5.08. The number of H-pyrrole nitrogens is 1. The van der Waals surface area contributed by atoms with Gasteiger partial charge in [0.2, 0.25) is 0 Å². The molecular formula is C16H16N4O. The van der Waals surface area contributed by atoms with Gasteiger partial charge in [-0.25, -0.2) is 4.98 Å². The minimum atomic E-state index is -0.203. The minimum absolute atomic E-state index is 0.160. The fraction of sp³-hybridized carbons (Fsp3) is 0.188. The maximum absolute atomic E-state index is 12.1. The summed E-state index contributed by atoms with van der Waals surface area (Å²) in [5.74, 6) is 0.583. The molecule has 1 aromatic carbocycles. The molecule has 0 aliphatic carbocycles. The van der Waals surface area contributed by atoms with E-state index in [1.165, 1.54) is 5.56 Å². The molecular weight excluding hydrogens is 264 g/mol. The van der Waals surface area contributed by atoms with Crippen LogP contribution in [0.2, 0.25) is 0 Å². The third kappa shape index (κ3) is 2.76. The monoisotopic (exact) mass is 280 g/mol. The van der Waals surface area contributed by atoms with E-state index in [1.54, 1.807) is 24.5 Å². The normalized spacial score (nSPS) is 12.3. The van der Waals surface area contributed by atoms with Crippen LogP contribution in [0.4, 0.5) is 0 Å². The first-order chi connectivity index (χ1) is 10.1. The maximum Gasteiger partial charge on any atom is 0.253 e. The van der Waals surface area contributed by atoms with Gasteiger partial charge in [-0.15, -0.1) is 0 Å². The van der Waals surface area contributed by atoms with Crippen molar-refractivity contribution >= 4 is 16.9 Å². The summed E-state index contributed by atoms with van der Waals surface area (Å²) in [6, 6.07) is 9.30. The van der Waals surface area contributed by atoms with E-state index in [0.29, 0.717) is 5.56 Å². The van der Waals surface area contributed by atoms with E-state index in [2.05, 4.69) is 20.3 Å². The number of hydrogen-bond acceptors (Lipinski definition) is 3. The van der Waals surface area contributed by atoms with Gasteiger partial charge in [0.25, 0.3) is 5.91 Å². The van der Waals surface area contributed by atoms with Gasteiger partial charge in [-0.1, -0.05) is 6.07 Å². The van der Waals surface area contributed by atoms with Crippen LogP contribution in [0, 0.1) is 6.92 Å². The van der Waals surface area contributed by atoms with Gasteiger partial charge in [0, 0.05) is 12.4 Å². The smallest absolute Gasteiger partial charge is 0.253 e. The number of rotatable bonds is 3. The molecule has 5 heteroatoms. The summed E-state index contributed by atoms with van der Waals surface area (Å²) in [6.45, 7) is 3.94. The molecule has 0 fully saturated rings. The molecule has 5 nitrogen and oxygen atoms in total. The first-order valence-electron chi connectivity index (χ1n) is 6.80. The van der Waals surface area contributed by atoms with E-state index in [-0.39, 0.29) is 11.9 Å². The van der Waals surface area contributed by atoms with Crippen LogP contribution in [-0.2, 0) is 0 Å². The molecule has 0 saturated heterocycles. The number of carbonyl (C=O) groups is 1. The maximum atomic E-state index is 12.1.